The van der Waals surface area contributed by atoms with E-state index in [2.05, 4.69) is 0 Å². The van der Waals surface area contributed by atoms with Crippen molar-refractivity contribution in [3.63, 3.8) is 0 Å². The average molecular weight is 191 g/mol. The smallest absolute Gasteiger partial charge is 0.327 e. The summed E-state index contributed by atoms with van der Waals surface area (Å²) < 4.78 is 0. The number of carbonyl (C=O) groups is 1. The maximum absolute atomic E-state index is 10.6. The van der Waals surface area contributed by atoms with E-state index in [9.17, 15) is 4.79 Å². The lowest BCUT2D eigenvalue weighted by molar-refractivity contribution is -0.140. The highest BCUT2D eigenvalue weighted by molar-refractivity contribution is 7.99. The monoisotopic (exact) mass is 191 g/mol. The van der Waals surface area contributed by atoms with E-state index in [1.165, 1.54) is 0 Å². The Morgan fingerprint density at radius 1 is 1.82 bits per heavy atom. The fourth-order valence-electron chi connectivity index (χ4n) is 0.958. The lowest BCUT2D eigenvalue weighted by Crippen LogP contribution is -2.39. The van der Waals surface area contributed by atoms with Gasteiger partial charge in [0, 0.05) is 5.75 Å². The lowest BCUT2D eigenvalue weighted by atomic mass is 10.3. The zero-order valence-corrected chi connectivity index (χ0v) is 7.74. The standard InChI is InChI=1S/C6H9NO2S2/c1-4(10)7-3-11-2-5(7)6(8)9/h5H,2-3H2,1H3,(H,8,9)/t5-/m1/s1. The van der Waals surface area contributed by atoms with E-state index in [1.54, 1.807) is 23.6 Å². The Hall–Kier alpha value is -0.290. The Bertz CT molecular complexity index is 175. The second-order valence-corrected chi connectivity index (χ2v) is 3.93. The first-order valence-corrected chi connectivity index (χ1v) is 4.77. The number of aliphatic carboxylic acids is 1. The number of rotatable bonds is 1. The van der Waals surface area contributed by atoms with Crippen LogP contribution < -0.4 is 0 Å². The van der Waals surface area contributed by atoms with Gasteiger partial charge in [0.15, 0.2) is 0 Å². The Kier molecular flexibility index (Phi) is 2.72. The van der Waals surface area contributed by atoms with E-state index in [-0.39, 0.29) is 0 Å². The highest BCUT2D eigenvalue weighted by Gasteiger charge is 2.30. The summed E-state index contributed by atoms with van der Waals surface area (Å²) in [5.74, 6) is 0.578. The molecule has 11 heavy (non-hydrogen) atoms. The Balaban J connectivity index is 2.65. The van der Waals surface area contributed by atoms with Gasteiger partial charge in [-0.25, -0.2) is 4.79 Å². The molecule has 0 aromatic heterocycles. The minimum absolute atomic E-state index is 0.405. The minimum Gasteiger partial charge on any atom is -0.480 e. The summed E-state index contributed by atoms with van der Waals surface area (Å²) in [5.41, 5.74) is 0. The molecule has 0 saturated carbocycles. The van der Waals surface area contributed by atoms with E-state index in [1.807, 2.05) is 0 Å². The summed E-state index contributed by atoms with van der Waals surface area (Å²) in [6.07, 6.45) is 0. The molecule has 3 nitrogen and oxygen atoms in total. The molecule has 0 unspecified atom stereocenters. The molecule has 1 atom stereocenters. The summed E-state index contributed by atoms with van der Waals surface area (Å²) >= 11 is 6.51. The molecule has 1 N–H and O–H groups in total. The van der Waals surface area contributed by atoms with Crippen molar-refractivity contribution in [3.05, 3.63) is 0 Å². The molecule has 5 heteroatoms. The Morgan fingerprint density at radius 3 is 2.82 bits per heavy atom. The van der Waals surface area contributed by atoms with Crippen molar-refractivity contribution in [1.29, 1.82) is 0 Å². The van der Waals surface area contributed by atoms with Crippen LogP contribution in [0, 0.1) is 0 Å². The number of thioether (sulfide) groups is 1. The molecular formula is C6H9NO2S2. The predicted molar refractivity (Wildman–Crippen MR) is 48.9 cm³/mol. The molecule has 1 aliphatic heterocycles. The van der Waals surface area contributed by atoms with E-state index >= 15 is 0 Å². The number of hydrogen-bond acceptors (Lipinski definition) is 3. The van der Waals surface area contributed by atoms with Gasteiger partial charge in [0.2, 0.25) is 0 Å². The summed E-state index contributed by atoms with van der Waals surface area (Å²) in [5, 5.41) is 8.72. The highest BCUT2D eigenvalue weighted by Crippen LogP contribution is 2.21. The topological polar surface area (TPSA) is 40.5 Å². The van der Waals surface area contributed by atoms with Crippen LogP contribution in [-0.4, -0.2) is 38.6 Å². The SMILES string of the molecule is CC(=S)N1CSC[C@@H]1C(=O)O. The third kappa shape index (κ3) is 1.84. The van der Waals surface area contributed by atoms with Crippen molar-refractivity contribution < 1.29 is 9.90 Å². The number of hydrogen-bond donors (Lipinski definition) is 1. The van der Waals surface area contributed by atoms with Crippen LogP contribution in [0.3, 0.4) is 0 Å². The largest absolute Gasteiger partial charge is 0.480 e. The van der Waals surface area contributed by atoms with Gasteiger partial charge in [0.25, 0.3) is 0 Å². The number of carboxylic acid groups (broad SMARTS) is 1. The van der Waals surface area contributed by atoms with Gasteiger partial charge >= 0.3 is 5.97 Å². The third-order valence-electron chi connectivity index (χ3n) is 1.57. The van der Waals surface area contributed by atoms with Gasteiger partial charge in [-0.05, 0) is 6.92 Å². The Labute approximate surface area is 74.8 Å². The first-order chi connectivity index (χ1) is 5.13. The van der Waals surface area contributed by atoms with Crippen LogP contribution in [0.5, 0.6) is 0 Å². The summed E-state index contributed by atoms with van der Waals surface area (Å²) in [6, 6.07) is -0.405. The molecule has 0 spiro atoms. The maximum Gasteiger partial charge on any atom is 0.327 e. The van der Waals surface area contributed by atoms with Crippen molar-refractivity contribution in [2.75, 3.05) is 11.6 Å². The highest BCUT2D eigenvalue weighted by atomic mass is 32.2. The molecule has 1 rings (SSSR count). The molecule has 0 aromatic rings. The van der Waals surface area contributed by atoms with Gasteiger partial charge in [0.1, 0.15) is 6.04 Å². The molecule has 0 bridgehead atoms. The second kappa shape index (κ2) is 3.40. The van der Waals surface area contributed by atoms with Crippen LogP contribution in [0.2, 0.25) is 0 Å². The van der Waals surface area contributed by atoms with E-state index in [0.717, 1.165) is 0 Å². The van der Waals surface area contributed by atoms with Gasteiger partial charge in [-0.15, -0.1) is 11.8 Å². The van der Waals surface area contributed by atoms with E-state index in [4.69, 9.17) is 17.3 Å². The average Bonchev–Trinajstić information content (AvgIpc) is 2.32. The fraction of sp³-hybridized carbons (Fsp3) is 0.667. The van der Waals surface area contributed by atoms with Crippen molar-refractivity contribution in [1.82, 2.24) is 4.90 Å². The van der Waals surface area contributed by atoms with Crippen LogP contribution >= 0.6 is 24.0 Å². The predicted octanol–water partition coefficient (Wildman–Crippen LogP) is 0.793. The van der Waals surface area contributed by atoms with Crippen LogP contribution in [0.25, 0.3) is 0 Å². The second-order valence-electron chi connectivity index (χ2n) is 2.34. The summed E-state index contributed by atoms with van der Waals surface area (Å²) in [7, 11) is 0. The van der Waals surface area contributed by atoms with Crippen molar-refractivity contribution in [2.24, 2.45) is 0 Å². The van der Waals surface area contributed by atoms with Crippen LogP contribution in [-0.2, 0) is 4.79 Å². The molecule has 1 aliphatic rings. The van der Waals surface area contributed by atoms with Gasteiger partial charge < -0.3 is 10.0 Å². The molecule has 1 heterocycles. The quantitative estimate of drug-likeness (QED) is 0.621. The van der Waals surface area contributed by atoms with Crippen LogP contribution in [0.4, 0.5) is 0 Å². The molecule has 0 amide bonds. The molecule has 1 saturated heterocycles. The molecule has 62 valence electrons. The van der Waals surface area contributed by atoms with Crippen molar-refractivity contribution in [3.8, 4) is 0 Å². The van der Waals surface area contributed by atoms with Crippen molar-refractivity contribution >= 4 is 34.9 Å². The minimum atomic E-state index is -0.779. The number of nitrogens with zero attached hydrogens (tertiary/aromatic N) is 1. The zero-order chi connectivity index (χ0) is 8.43. The number of carboxylic acids is 1. The van der Waals surface area contributed by atoms with Gasteiger partial charge in [-0.3, -0.25) is 0 Å². The maximum atomic E-state index is 10.6. The van der Waals surface area contributed by atoms with E-state index in [0.29, 0.717) is 16.6 Å². The Morgan fingerprint density at radius 2 is 2.45 bits per heavy atom. The molecule has 1 fully saturated rings. The first kappa shape index (κ1) is 8.80. The first-order valence-electron chi connectivity index (χ1n) is 3.20. The third-order valence-corrected chi connectivity index (χ3v) is 2.82. The summed E-state index contributed by atoms with van der Waals surface area (Å²) in [6.45, 7) is 1.76. The number of thiocarbonyl (C=S) groups is 1. The fourth-order valence-corrected chi connectivity index (χ4v) is 2.45. The van der Waals surface area contributed by atoms with E-state index < -0.39 is 12.0 Å². The molecule has 0 aromatic carbocycles. The molecular weight excluding hydrogens is 182 g/mol. The lowest BCUT2D eigenvalue weighted by Gasteiger charge is -2.20. The molecule has 0 aliphatic carbocycles. The zero-order valence-electron chi connectivity index (χ0n) is 6.11. The van der Waals surface area contributed by atoms with Gasteiger partial charge in [-0.2, -0.15) is 0 Å². The normalized spacial score (nSPS) is 23.7. The summed E-state index contributed by atoms with van der Waals surface area (Å²) in [4.78, 5) is 13.0. The van der Waals surface area contributed by atoms with Crippen LogP contribution in [0.15, 0.2) is 0 Å². The van der Waals surface area contributed by atoms with Crippen LogP contribution in [0.1, 0.15) is 6.92 Å². The van der Waals surface area contributed by atoms with Crippen molar-refractivity contribution in [2.45, 2.75) is 13.0 Å². The van der Waals surface area contributed by atoms with Gasteiger partial charge in [0.05, 0.1) is 10.9 Å². The molecule has 0 radical (unpaired) electrons. The van der Waals surface area contributed by atoms with Gasteiger partial charge in [-0.1, -0.05) is 12.2 Å².